The molecule has 4 nitrogen and oxygen atoms in total. The second-order valence-electron chi connectivity index (χ2n) is 2.99. The van der Waals surface area contributed by atoms with Crippen LogP contribution >= 0.6 is 15.9 Å². The van der Waals surface area contributed by atoms with Gasteiger partial charge in [0.2, 0.25) is 6.08 Å². The van der Waals surface area contributed by atoms with Crippen molar-refractivity contribution < 1.29 is 14.3 Å². The maximum Gasteiger partial charge on any atom is 0.330 e. The van der Waals surface area contributed by atoms with E-state index in [0.29, 0.717) is 17.9 Å². The van der Waals surface area contributed by atoms with E-state index in [4.69, 9.17) is 4.74 Å². The highest BCUT2D eigenvalue weighted by Crippen LogP contribution is 2.24. The lowest BCUT2D eigenvalue weighted by Gasteiger charge is -2.00. The molecular weight excluding hydrogens is 286 g/mol. The second kappa shape index (κ2) is 6.78. The van der Waals surface area contributed by atoms with Crippen LogP contribution in [0, 0.1) is 0 Å². The van der Waals surface area contributed by atoms with Gasteiger partial charge in [0, 0.05) is 16.1 Å². The van der Waals surface area contributed by atoms with E-state index in [1.165, 1.54) is 12.2 Å². The van der Waals surface area contributed by atoms with Crippen LogP contribution in [0.25, 0.3) is 6.08 Å². The highest BCUT2D eigenvalue weighted by molar-refractivity contribution is 9.10. The summed E-state index contributed by atoms with van der Waals surface area (Å²) in [5, 5.41) is 0. The van der Waals surface area contributed by atoms with Crippen molar-refractivity contribution in [3.63, 3.8) is 0 Å². The molecule has 0 amide bonds. The first-order valence-corrected chi connectivity index (χ1v) is 5.69. The van der Waals surface area contributed by atoms with Gasteiger partial charge < -0.3 is 4.74 Å². The van der Waals surface area contributed by atoms with Gasteiger partial charge in [0.25, 0.3) is 0 Å². The third-order valence-electron chi connectivity index (χ3n) is 1.84. The van der Waals surface area contributed by atoms with Crippen LogP contribution in [0.1, 0.15) is 12.5 Å². The van der Waals surface area contributed by atoms with Crippen LogP contribution in [0.5, 0.6) is 0 Å². The van der Waals surface area contributed by atoms with Gasteiger partial charge in [-0.05, 0) is 31.2 Å². The topological polar surface area (TPSA) is 55.7 Å². The summed E-state index contributed by atoms with van der Waals surface area (Å²) in [4.78, 5) is 24.9. The molecule has 0 aliphatic rings. The fourth-order valence-corrected chi connectivity index (χ4v) is 1.54. The van der Waals surface area contributed by atoms with Crippen LogP contribution in [0.15, 0.2) is 33.7 Å². The number of esters is 1. The number of ether oxygens (including phenoxy) is 1. The van der Waals surface area contributed by atoms with Crippen LogP contribution in [-0.4, -0.2) is 18.7 Å². The van der Waals surface area contributed by atoms with E-state index in [0.717, 1.165) is 4.47 Å². The highest BCUT2D eigenvalue weighted by atomic mass is 79.9. The first-order chi connectivity index (χ1) is 8.17. The van der Waals surface area contributed by atoms with Gasteiger partial charge in [-0.15, -0.1) is 0 Å². The lowest BCUT2D eigenvalue weighted by molar-refractivity contribution is -0.137. The molecule has 0 N–H and O–H groups in total. The molecule has 5 heteroatoms. The molecule has 0 unspecified atom stereocenters. The van der Waals surface area contributed by atoms with Crippen molar-refractivity contribution in [2.75, 3.05) is 6.61 Å². The fourth-order valence-electron chi connectivity index (χ4n) is 1.16. The number of nitrogens with zero attached hydrogens (tertiary/aromatic N) is 1. The van der Waals surface area contributed by atoms with Crippen molar-refractivity contribution in [2.45, 2.75) is 6.92 Å². The summed E-state index contributed by atoms with van der Waals surface area (Å²) in [7, 11) is 0. The Labute approximate surface area is 107 Å². The van der Waals surface area contributed by atoms with Crippen molar-refractivity contribution in [2.24, 2.45) is 4.99 Å². The molecule has 0 heterocycles. The molecule has 0 aliphatic heterocycles. The number of halogens is 1. The van der Waals surface area contributed by atoms with Crippen molar-refractivity contribution in [1.82, 2.24) is 0 Å². The molecular formula is C12H10BrNO3. The lowest BCUT2D eigenvalue weighted by atomic mass is 10.1. The van der Waals surface area contributed by atoms with Crippen LogP contribution in [0.4, 0.5) is 5.69 Å². The molecule has 0 fully saturated rings. The van der Waals surface area contributed by atoms with Gasteiger partial charge in [-0.2, -0.15) is 4.99 Å². The molecule has 0 spiro atoms. The number of hydrogen-bond acceptors (Lipinski definition) is 4. The van der Waals surface area contributed by atoms with E-state index < -0.39 is 5.97 Å². The third kappa shape index (κ3) is 4.34. The molecule has 0 atom stereocenters. The lowest BCUT2D eigenvalue weighted by Crippen LogP contribution is -1.98. The molecule has 1 aromatic rings. The van der Waals surface area contributed by atoms with Gasteiger partial charge in [-0.3, -0.25) is 0 Å². The van der Waals surface area contributed by atoms with E-state index in [1.54, 1.807) is 31.2 Å². The number of isocyanates is 1. The maximum absolute atomic E-state index is 11.1. The molecule has 0 aromatic heterocycles. The van der Waals surface area contributed by atoms with E-state index in [-0.39, 0.29) is 0 Å². The summed E-state index contributed by atoms with van der Waals surface area (Å²) in [5.41, 5.74) is 1.08. The summed E-state index contributed by atoms with van der Waals surface area (Å²) < 4.78 is 5.57. The normalized spacial score (nSPS) is 10.0. The molecule has 0 radical (unpaired) electrons. The molecule has 1 aromatic carbocycles. The molecule has 0 aliphatic carbocycles. The Hall–Kier alpha value is -1.71. The summed E-state index contributed by atoms with van der Waals surface area (Å²) in [6.45, 7) is 2.05. The number of carbonyl (C=O) groups is 1. The van der Waals surface area contributed by atoms with Crippen molar-refractivity contribution in [3.05, 3.63) is 34.3 Å². The molecule has 0 bridgehead atoms. The SMILES string of the molecule is CCOC(=O)C=Cc1cc(Br)ccc1N=C=O. The summed E-state index contributed by atoms with van der Waals surface area (Å²) >= 11 is 3.29. The Morgan fingerprint density at radius 2 is 2.35 bits per heavy atom. The zero-order valence-electron chi connectivity index (χ0n) is 9.14. The predicted molar refractivity (Wildman–Crippen MR) is 67.6 cm³/mol. The minimum atomic E-state index is -0.437. The average molecular weight is 296 g/mol. The number of carbonyl (C=O) groups excluding carboxylic acids is 2. The fraction of sp³-hybridized carbons (Fsp3) is 0.167. The van der Waals surface area contributed by atoms with E-state index in [9.17, 15) is 9.59 Å². The van der Waals surface area contributed by atoms with Gasteiger partial charge in [-0.25, -0.2) is 9.59 Å². The predicted octanol–water partition coefficient (Wildman–Crippen LogP) is 2.99. The van der Waals surface area contributed by atoms with Crippen LogP contribution < -0.4 is 0 Å². The smallest absolute Gasteiger partial charge is 0.330 e. The van der Waals surface area contributed by atoms with Crippen molar-refractivity contribution >= 4 is 39.7 Å². The molecule has 17 heavy (non-hydrogen) atoms. The Balaban J connectivity index is 2.99. The van der Waals surface area contributed by atoms with Gasteiger partial charge in [0.05, 0.1) is 12.3 Å². The van der Waals surface area contributed by atoms with Crippen molar-refractivity contribution in [1.29, 1.82) is 0 Å². The minimum Gasteiger partial charge on any atom is -0.463 e. The number of hydrogen-bond donors (Lipinski definition) is 0. The number of rotatable bonds is 4. The van der Waals surface area contributed by atoms with Gasteiger partial charge in [0.15, 0.2) is 0 Å². The maximum atomic E-state index is 11.1. The monoisotopic (exact) mass is 295 g/mol. The molecule has 1 rings (SSSR count). The van der Waals surface area contributed by atoms with Crippen LogP contribution in [0.3, 0.4) is 0 Å². The Morgan fingerprint density at radius 3 is 3.00 bits per heavy atom. The highest BCUT2D eigenvalue weighted by Gasteiger charge is 2.01. The zero-order chi connectivity index (χ0) is 12.7. The Kier molecular flexibility index (Phi) is 5.33. The standard InChI is InChI=1S/C12H10BrNO3/c1-2-17-12(16)6-3-9-7-10(13)4-5-11(9)14-8-15/h3-7H,2H2,1H3. The largest absolute Gasteiger partial charge is 0.463 e. The second-order valence-corrected chi connectivity index (χ2v) is 3.91. The van der Waals surface area contributed by atoms with Gasteiger partial charge in [-0.1, -0.05) is 15.9 Å². The quantitative estimate of drug-likeness (QED) is 0.371. The van der Waals surface area contributed by atoms with Gasteiger partial charge in [0.1, 0.15) is 0 Å². The minimum absolute atomic E-state index is 0.320. The average Bonchev–Trinajstić information content (AvgIpc) is 2.30. The first-order valence-electron chi connectivity index (χ1n) is 4.89. The summed E-state index contributed by atoms with van der Waals surface area (Å²) in [5.74, 6) is -0.437. The molecule has 0 saturated carbocycles. The first kappa shape index (κ1) is 13.4. The summed E-state index contributed by atoms with van der Waals surface area (Å²) in [6, 6.07) is 5.14. The Bertz CT molecular complexity index is 491. The number of benzene rings is 1. The zero-order valence-corrected chi connectivity index (χ0v) is 10.7. The summed E-state index contributed by atoms with van der Waals surface area (Å²) in [6.07, 6.45) is 4.29. The van der Waals surface area contributed by atoms with E-state index in [2.05, 4.69) is 20.9 Å². The van der Waals surface area contributed by atoms with Crippen molar-refractivity contribution in [3.8, 4) is 0 Å². The third-order valence-corrected chi connectivity index (χ3v) is 2.33. The number of aliphatic imine (C=N–C) groups is 1. The Morgan fingerprint density at radius 1 is 1.59 bits per heavy atom. The molecule has 88 valence electrons. The molecule has 0 saturated heterocycles. The van der Waals surface area contributed by atoms with E-state index >= 15 is 0 Å². The van der Waals surface area contributed by atoms with Crippen LogP contribution in [-0.2, 0) is 14.3 Å². The van der Waals surface area contributed by atoms with E-state index in [1.807, 2.05) is 0 Å². The van der Waals surface area contributed by atoms with Crippen LogP contribution in [0.2, 0.25) is 0 Å². The van der Waals surface area contributed by atoms with Gasteiger partial charge >= 0.3 is 5.97 Å².